The van der Waals surface area contributed by atoms with E-state index in [9.17, 15) is 9.59 Å². The van der Waals surface area contributed by atoms with E-state index in [-0.39, 0.29) is 23.1 Å². The maximum Gasteiger partial charge on any atom is 0.274 e. The summed E-state index contributed by atoms with van der Waals surface area (Å²) in [7, 11) is 1.52. The largest absolute Gasteiger partial charge is 0.495 e. The Hall–Kier alpha value is -4.64. The SMILES string of the molecule is C=CC(=O)N1CC2(CC(N(N)/C=C(\N)c3ccc(NC(=O)c4cccc(-c5cnoc5)n4)c(OC)c3)C2)C1. The Morgan fingerprint density at radius 3 is 2.76 bits per heavy atom. The minimum Gasteiger partial charge on any atom is -0.495 e. The van der Waals surface area contributed by atoms with Gasteiger partial charge in [-0.05, 0) is 43.2 Å². The molecule has 5 N–H and O–H groups in total. The van der Waals surface area contributed by atoms with Crippen LogP contribution in [0.4, 0.5) is 5.69 Å². The van der Waals surface area contributed by atoms with Gasteiger partial charge in [0, 0.05) is 36.3 Å². The molecular weight excluding hydrogens is 486 g/mol. The highest BCUT2D eigenvalue weighted by molar-refractivity contribution is 6.04. The number of carbonyl (C=O) groups is 2. The molecule has 1 aliphatic carbocycles. The first kappa shape index (κ1) is 25.0. The molecule has 2 aromatic heterocycles. The van der Waals surface area contributed by atoms with Crippen LogP contribution in [-0.4, -0.2) is 58.1 Å². The molecule has 1 spiro atoms. The second-order valence-corrected chi connectivity index (χ2v) is 9.68. The monoisotopic (exact) mass is 515 g/mol. The quantitative estimate of drug-likeness (QED) is 0.233. The van der Waals surface area contributed by atoms with Crippen molar-refractivity contribution in [3.05, 3.63) is 79.0 Å². The van der Waals surface area contributed by atoms with Gasteiger partial charge in [-0.25, -0.2) is 10.8 Å². The number of likely N-dealkylation sites (tertiary alicyclic amines) is 1. The number of rotatable bonds is 8. The van der Waals surface area contributed by atoms with Gasteiger partial charge >= 0.3 is 0 Å². The first-order chi connectivity index (χ1) is 18.3. The molecule has 0 unspecified atom stereocenters. The summed E-state index contributed by atoms with van der Waals surface area (Å²) in [6.45, 7) is 5.02. The van der Waals surface area contributed by atoms with Crippen LogP contribution >= 0.6 is 0 Å². The lowest BCUT2D eigenvalue weighted by molar-refractivity contribution is -0.150. The number of carbonyl (C=O) groups excluding carboxylic acids is 2. The van der Waals surface area contributed by atoms with Crippen molar-refractivity contribution in [3.63, 3.8) is 0 Å². The molecule has 2 fully saturated rings. The molecular formula is C27H29N7O4. The van der Waals surface area contributed by atoms with Crippen LogP contribution in [0.25, 0.3) is 17.0 Å². The summed E-state index contributed by atoms with van der Waals surface area (Å²) in [5.74, 6) is 6.31. The van der Waals surface area contributed by atoms with Crippen molar-refractivity contribution in [2.24, 2.45) is 17.0 Å². The smallest absolute Gasteiger partial charge is 0.274 e. The van der Waals surface area contributed by atoms with Gasteiger partial charge in [0.25, 0.3) is 5.91 Å². The van der Waals surface area contributed by atoms with E-state index in [4.69, 9.17) is 20.8 Å². The number of nitrogens with one attached hydrogen (secondary N) is 1. The summed E-state index contributed by atoms with van der Waals surface area (Å²) in [4.78, 5) is 30.8. The zero-order chi connectivity index (χ0) is 26.9. The van der Waals surface area contributed by atoms with Crippen molar-refractivity contribution in [2.45, 2.75) is 18.9 Å². The van der Waals surface area contributed by atoms with Gasteiger partial charge in [0.15, 0.2) is 0 Å². The number of methoxy groups -OCH3 is 1. The predicted molar refractivity (Wildman–Crippen MR) is 141 cm³/mol. The fraction of sp³-hybridized carbons (Fsp3) is 0.259. The number of hydrogen-bond acceptors (Lipinski definition) is 9. The van der Waals surface area contributed by atoms with E-state index in [1.165, 1.54) is 25.6 Å². The first-order valence-corrected chi connectivity index (χ1v) is 12.1. The molecule has 3 aromatic rings. The Kier molecular flexibility index (Phi) is 6.60. The van der Waals surface area contributed by atoms with Crippen molar-refractivity contribution in [2.75, 3.05) is 25.5 Å². The highest BCUT2D eigenvalue weighted by Crippen LogP contribution is 2.50. The molecule has 1 saturated heterocycles. The molecule has 0 bridgehead atoms. The summed E-state index contributed by atoms with van der Waals surface area (Å²) < 4.78 is 10.4. The molecule has 1 aromatic carbocycles. The Labute approximate surface area is 219 Å². The number of benzene rings is 1. The lowest BCUT2D eigenvalue weighted by Crippen LogP contribution is -2.67. The number of hydrogen-bond donors (Lipinski definition) is 3. The van der Waals surface area contributed by atoms with Crippen molar-refractivity contribution in [1.82, 2.24) is 20.0 Å². The fourth-order valence-corrected chi connectivity index (χ4v) is 5.01. The molecule has 2 aliphatic rings. The van der Waals surface area contributed by atoms with Gasteiger partial charge < -0.3 is 30.2 Å². The molecule has 1 aliphatic heterocycles. The minimum atomic E-state index is -0.394. The van der Waals surface area contributed by atoms with Gasteiger partial charge in [-0.15, -0.1) is 0 Å². The summed E-state index contributed by atoms with van der Waals surface area (Å²) >= 11 is 0. The Morgan fingerprint density at radius 2 is 2.08 bits per heavy atom. The van der Waals surface area contributed by atoms with Crippen LogP contribution in [0.2, 0.25) is 0 Å². The standard InChI is InChI=1S/C27H29N7O4/c1-3-25(35)33-15-27(16-33)10-19(11-27)34(29)13-20(28)17-7-8-22(24(9-17)37-2)32-26(36)23-6-4-5-21(31-23)18-12-30-38-14-18/h3-9,12-14,19H,1,10-11,15-16,28-29H2,2H3,(H,32,36)/b20-13-. The van der Waals surface area contributed by atoms with Gasteiger partial charge in [0.2, 0.25) is 5.91 Å². The minimum absolute atomic E-state index is 0.0296. The zero-order valence-electron chi connectivity index (χ0n) is 21.0. The Balaban J connectivity index is 1.22. The van der Waals surface area contributed by atoms with Gasteiger partial charge in [-0.3, -0.25) is 9.59 Å². The first-order valence-electron chi connectivity index (χ1n) is 12.1. The van der Waals surface area contributed by atoms with E-state index >= 15 is 0 Å². The lowest BCUT2D eigenvalue weighted by Gasteiger charge is -2.60. The average molecular weight is 516 g/mol. The van der Waals surface area contributed by atoms with Gasteiger partial charge in [0.1, 0.15) is 17.7 Å². The predicted octanol–water partition coefficient (Wildman–Crippen LogP) is 2.61. The molecule has 0 atom stereocenters. The van der Waals surface area contributed by atoms with Crippen LogP contribution in [0.5, 0.6) is 5.75 Å². The number of nitrogens with two attached hydrogens (primary N) is 2. The second kappa shape index (κ2) is 10.0. The number of amides is 2. The molecule has 11 heteroatoms. The lowest BCUT2D eigenvalue weighted by atomic mass is 9.60. The number of hydrazine groups is 1. The summed E-state index contributed by atoms with van der Waals surface area (Å²) in [5.41, 5.74) is 9.60. The van der Waals surface area contributed by atoms with E-state index < -0.39 is 5.91 Å². The third-order valence-electron chi connectivity index (χ3n) is 7.08. The third-order valence-corrected chi connectivity index (χ3v) is 7.08. The molecule has 196 valence electrons. The summed E-state index contributed by atoms with van der Waals surface area (Å²) in [6.07, 6.45) is 7.84. The van der Waals surface area contributed by atoms with E-state index in [1.807, 2.05) is 0 Å². The molecule has 0 radical (unpaired) electrons. The third kappa shape index (κ3) is 4.83. The highest BCUT2D eigenvalue weighted by Gasteiger charge is 2.54. The van der Waals surface area contributed by atoms with Gasteiger partial charge in [-0.2, -0.15) is 0 Å². The molecule has 5 rings (SSSR count). The average Bonchev–Trinajstić information content (AvgIpc) is 3.42. The molecule has 1 saturated carbocycles. The summed E-state index contributed by atoms with van der Waals surface area (Å²) in [6, 6.07) is 10.5. The number of nitrogens with zero attached hydrogens (tertiary/aromatic N) is 4. The molecule has 2 amide bonds. The van der Waals surface area contributed by atoms with Crippen molar-refractivity contribution in [3.8, 4) is 17.0 Å². The Morgan fingerprint density at radius 1 is 1.29 bits per heavy atom. The fourth-order valence-electron chi connectivity index (χ4n) is 5.01. The molecule has 11 nitrogen and oxygen atoms in total. The topological polar surface area (TPSA) is 153 Å². The van der Waals surface area contributed by atoms with Gasteiger partial charge in [0.05, 0.1) is 35.9 Å². The molecule has 38 heavy (non-hydrogen) atoms. The normalized spacial score (nSPS) is 16.4. The van der Waals surface area contributed by atoms with E-state index in [1.54, 1.807) is 52.5 Å². The van der Waals surface area contributed by atoms with Crippen LogP contribution in [0.3, 0.4) is 0 Å². The maximum absolute atomic E-state index is 12.9. The highest BCUT2D eigenvalue weighted by atomic mass is 16.5. The zero-order valence-corrected chi connectivity index (χ0v) is 21.0. The van der Waals surface area contributed by atoms with Crippen LogP contribution in [-0.2, 0) is 4.79 Å². The maximum atomic E-state index is 12.9. The second-order valence-electron chi connectivity index (χ2n) is 9.68. The van der Waals surface area contributed by atoms with Crippen LogP contribution in [0.15, 0.2) is 72.2 Å². The Bertz CT molecular complexity index is 1390. The van der Waals surface area contributed by atoms with E-state index in [0.717, 1.165) is 25.9 Å². The van der Waals surface area contributed by atoms with Crippen molar-refractivity contribution < 1.29 is 18.8 Å². The number of ether oxygens (including phenoxy) is 1. The molecule has 3 heterocycles. The van der Waals surface area contributed by atoms with Crippen molar-refractivity contribution in [1.29, 1.82) is 0 Å². The van der Waals surface area contributed by atoms with Crippen LogP contribution in [0, 0.1) is 5.41 Å². The number of anilines is 1. The van der Waals surface area contributed by atoms with Crippen LogP contribution in [0.1, 0.15) is 28.9 Å². The van der Waals surface area contributed by atoms with E-state index in [0.29, 0.717) is 34.0 Å². The number of pyridine rings is 1. The van der Waals surface area contributed by atoms with E-state index in [2.05, 4.69) is 22.0 Å². The van der Waals surface area contributed by atoms with Crippen molar-refractivity contribution >= 4 is 23.2 Å². The number of aromatic nitrogens is 2. The summed E-state index contributed by atoms with van der Waals surface area (Å²) in [5, 5.41) is 8.14. The van der Waals surface area contributed by atoms with Crippen LogP contribution < -0.4 is 21.6 Å². The van der Waals surface area contributed by atoms with Gasteiger partial charge in [-0.1, -0.05) is 23.9 Å².